The molecule has 0 saturated carbocycles. The van der Waals surface area contributed by atoms with Gasteiger partial charge in [-0.15, -0.1) is 5.10 Å². The van der Waals surface area contributed by atoms with Crippen molar-refractivity contribution in [2.24, 2.45) is 5.92 Å². The van der Waals surface area contributed by atoms with Gasteiger partial charge in [0, 0.05) is 6.42 Å². The molecule has 0 unspecified atom stereocenters. The van der Waals surface area contributed by atoms with Crippen molar-refractivity contribution < 1.29 is 9.29 Å². The third-order valence-electron chi connectivity index (χ3n) is 6.04. The molecule has 1 aromatic carbocycles. The summed E-state index contributed by atoms with van der Waals surface area (Å²) >= 11 is 0. The first-order valence-electron chi connectivity index (χ1n) is 10.5. The van der Waals surface area contributed by atoms with Crippen molar-refractivity contribution in [3.8, 4) is 0 Å². The van der Waals surface area contributed by atoms with Gasteiger partial charge in [-0.25, -0.2) is 9.07 Å². The molecule has 0 bridgehead atoms. The Labute approximate surface area is 167 Å². The highest BCUT2D eigenvalue weighted by Gasteiger charge is 2.36. The van der Waals surface area contributed by atoms with Crippen molar-refractivity contribution in [1.82, 2.24) is 20.2 Å². The molecule has 1 aliphatic rings. The molecule has 0 radical (unpaired) electrons. The van der Waals surface area contributed by atoms with Gasteiger partial charge in [-0.3, -0.25) is 0 Å². The largest absolute Gasteiger partial charge is 0.358 e. The summed E-state index contributed by atoms with van der Waals surface area (Å²) in [5.41, 5.74) is 0.599. The number of benzene rings is 1. The Morgan fingerprint density at radius 3 is 2.46 bits per heavy atom. The average molecular weight is 390 g/mol. The average Bonchev–Trinajstić information content (AvgIpc) is 3.17. The van der Waals surface area contributed by atoms with Crippen molar-refractivity contribution in [3.05, 3.63) is 35.9 Å². The molecule has 2 heterocycles. The van der Waals surface area contributed by atoms with Gasteiger partial charge in [-0.05, 0) is 48.7 Å². The highest BCUT2D eigenvalue weighted by Crippen LogP contribution is 2.25. The SMILES string of the molecule is CCC(C)(C)n1nnnc1[C@H](CC(C)C)[NH+]1CCN(c2ccccc2F)CC1. The molecule has 3 rings (SSSR count). The second-order valence-corrected chi connectivity index (χ2v) is 8.89. The van der Waals surface area contributed by atoms with E-state index in [0.717, 1.165) is 44.8 Å². The fraction of sp³-hybridized carbons (Fsp3) is 0.667. The Bertz CT molecular complexity index is 764. The number of tetrazole rings is 1. The van der Waals surface area contributed by atoms with E-state index in [0.29, 0.717) is 11.6 Å². The summed E-state index contributed by atoms with van der Waals surface area (Å²) in [6.45, 7) is 14.6. The molecule has 1 aromatic heterocycles. The predicted molar refractivity (Wildman–Crippen MR) is 109 cm³/mol. The molecule has 154 valence electrons. The van der Waals surface area contributed by atoms with E-state index in [4.69, 9.17) is 0 Å². The summed E-state index contributed by atoms with van der Waals surface area (Å²) in [4.78, 5) is 3.65. The number of aromatic nitrogens is 4. The number of halogens is 1. The van der Waals surface area contributed by atoms with Crippen molar-refractivity contribution >= 4 is 5.69 Å². The molecule has 2 aromatic rings. The fourth-order valence-electron chi connectivity index (χ4n) is 4.01. The Balaban J connectivity index is 1.80. The van der Waals surface area contributed by atoms with Crippen molar-refractivity contribution in [3.63, 3.8) is 0 Å². The lowest BCUT2D eigenvalue weighted by Gasteiger charge is -2.38. The minimum Gasteiger partial charge on any atom is -0.358 e. The summed E-state index contributed by atoms with van der Waals surface area (Å²) in [5.74, 6) is 1.39. The van der Waals surface area contributed by atoms with Gasteiger partial charge in [0.05, 0.1) is 37.4 Å². The predicted octanol–water partition coefficient (Wildman–Crippen LogP) is 2.45. The molecule has 0 spiro atoms. The normalized spacial score (nSPS) is 17.3. The van der Waals surface area contributed by atoms with Crippen LogP contribution in [0.1, 0.15) is 59.3 Å². The Morgan fingerprint density at radius 2 is 1.86 bits per heavy atom. The van der Waals surface area contributed by atoms with Gasteiger partial charge in [-0.1, -0.05) is 32.9 Å². The smallest absolute Gasteiger partial charge is 0.209 e. The summed E-state index contributed by atoms with van der Waals surface area (Å²) < 4.78 is 16.2. The van der Waals surface area contributed by atoms with E-state index in [2.05, 4.69) is 55.0 Å². The summed E-state index contributed by atoms with van der Waals surface area (Å²) in [6, 6.07) is 7.31. The maximum atomic E-state index is 14.2. The van der Waals surface area contributed by atoms with Crippen LogP contribution in [0.2, 0.25) is 0 Å². The van der Waals surface area contributed by atoms with Gasteiger partial charge >= 0.3 is 0 Å². The zero-order valence-electron chi connectivity index (χ0n) is 17.8. The van der Waals surface area contributed by atoms with Gasteiger partial charge in [-0.2, -0.15) is 0 Å². The molecular formula is C21H34FN6+. The van der Waals surface area contributed by atoms with Crippen molar-refractivity contribution in [1.29, 1.82) is 0 Å². The second kappa shape index (κ2) is 8.55. The molecule has 28 heavy (non-hydrogen) atoms. The standard InChI is InChI=1S/C21H33FN6/c1-6-21(4,5)28-20(23-24-25-28)19(15-16(2)3)27-13-11-26(12-14-27)18-10-8-7-9-17(18)22/h7-10,16,19H,6,11-15H2,1-5H3/p+1/t19-/m0/s1. The number of hydrogen-bond acceptors (Lipinski definition) is 4. The van der Waals surface area contributed by atoms with Crippen LogP contribution >= 0.6 is 0 Å². The molecule has 1 aliphatic heterocycles. The Hall–Kier alpha value is -2.02. The van der Waals surface area contributed by atoms with Crippen LogP contribution in [0, 0.1) is 11.7 Å². The van der Waals surface area contributed by atoms with Gasteiger partial charge in [0.15, 0.2) is 6.04 Å². The van der Waals surface area contributed by atoms with Crippen LogP contribution in [0.15, 0.2) is 24.3 Å². The third-order valence-corrected chi connectivity index (χ3v) is 6.04. The van der Waals surface area contributed by atoms with Crippen LogP contribution in [-0.4, -0.2) is 46.4 Å². The Morgan fingerprint density at radius 1 is 1.18 bits per heavy atom. The number of quaternary nitrogens is 1. The van der Waals surface area contributed by atoms with E-state index in [1.54, 1.807) is 6.07 Å². The molecule has 6 nitrogen and oxygen atoms in total. The number of nitrogens with one attached hydrogen (secondary N) is 1. The van der Waals surface area contributed by atoms with E-state index in [-0.39, 0.29) is 17.4 Å². The lowest BCUT2D eigenvalue weighted by Crippen LogP contribution is -3.15. The van der Waals surface area contributed by atoms with E-state index in [1.807, 2.05) is 16.8 Å². The first-order chi connectivity index (χ1) is 13.3. The number of piperazine rings is 1. The molecule has 1 atom stereocenters. The maximum Gasteiger partial charge on any atom is 0.209 e. The van der Waals surface area contributed by atoms with Gasteiger partial charge in [0.1, 0.15) is 5.82 Å². The number of nitrogens with zero attached hydrogens (tertiary/aromatic N) is 5. The molecule has 0 aliphatic carbocycles. The molecule has 1 fully saturated rings. The maximum absolute atomic E-state index is 14.2. The molecule has 1 saturated heterocycles. The molecule has 0 amide bonds. The summed E-state index contributed by atoms with van der Waals surface area (Å²) in [6.07, 6.45) is 2.00. The zero-order valence-corrected chi connectivity index (χ0v) is 17.8. The van der Waals surface area contributed by atoms with Crippen LogP contribution in [0.5, 0.6) is 0 Å². The van der Waals surface area contributed by atoms with Crippen LogP contribution in [0.4, 0.5) is 10.1 Å². The van der Waals surface area contributed by atoms with Gasteiger partial charge < -0.3 is 9.80 Å². The number of anilines is 1. The number of para-hydroxylation sites is 1. The minimum absolute atomic E-state index is 0.109. The highest BCUT2D eigenvalue weighted by molar-refractivity contribution is 5.47. The third kappa shape index (κ3) is 4.35. The molecule has 1 N–H and O–H groups in total. The molecular weight excluding hydrogens is 355 g/mol. The minimum atomic E-state index is -0.140. The number of hydrogen-bond donors (Lipinski definition) is 1. The lowest BCUT2D eigenvalue weighted by atomic mass is 9.98. The monoisotopic (exact) mass is 389 g/mol. The van der Waals surface area contributed by atoms with Crippen LogP contribution in [0.25, 0.3) is 0 Å². The quantitative estimate of drug-likeness (QED) is 0.790. The van der Waals surface area contributed by atoms with Gasteiger partial charge in [0.25, 0.3) is 0 Å². The van der Waals surface area contributed by atoms with Gasteiger partial charge in [0.2, 0.25) is 5.82 Å². The van der Waals surface area contributed by atoms with E-state index in [1.165, 1.54) is 11.0 Å². The molecule has 7 heteroatoms. The highest BCUT2D eigenvalue weighted by atomic mass is 19.1. The first kappa shape index (κ1) is 20.7. The van der Waals surface area contributed by atoms with Crippen LogP contribution in [-0.2, 0) is 5.54 Å². The first-order valence-corrected chi connectivity index (χ1v) is 10.5. The topological polar surface area (TPSA) is 51.3 Å². The van der Waals surface area contributed by atoms with E-state index in [9.17, 15) is 4.39 Å². The Kier molecular flexibility index (Phi) is 6.33. The fourth-order valence-corrected chi connectivity index (χ4v) is 4.01. The van der Waals surface area contributed by atoms with Crippen LogP contribution in [0.3, 0.4) is 0 Å². The number of rotatable bonds is 7. The van der Waals surface area contributed by atoms with Crippen LogP contribution < -0.4 is 9.80 Å². The van der Waals surface area contributed by atoms with E-state index < -0.39 is 0 Å². The zero-order chi connectivity index (χ0) is 20.3. The lowest BCUT2D eigenvalue weighted by molar-refractivity contribution is -0.934. The van der Waals surface area contributed by atoms with Crippen molar-refractivity contribution in [2.45, 2.75) is 59.0 Å². The summed E-state index contributed by atoms with van der Waals surface area (Å²) in [7, 11) is 0. The van der Waals surface area contributed by atoms with Crippen molar-refractivity contribution in [2.75, 3.05) is 31.1 Å². The second-order valence-electron chi connectivity index (χ2n) is 8.89. The summed E-state index contributed by atoms with van der Waals surface area (Å²) in [5, 5.41) is 12.8. The van der Waals surface area contributed by atoms with E-state index >= 15 is 0 Å².